The van der Waals surface area contributed by atoms with Crippen LogP contribution in [0.5, 0.6) is 5.75 Å². The molecule has 3 N–H and O–H groups in total. The molecule has 0 atom stereocenters. The van der Waals surface area contributed by atoms with E-state index >= 15 is 0 Å². The van der Waals surface area contributed by atoms with Crippen LogP contribution in [0.4, 0.5) is 19.0 Å². The molecular weight excluding hydrogens is 289 g/mol. The van der Waals surface area contributed by atoms with E-state index in [0.29, 0.717) is 5.56 Å². The SMILES string of the molecule is Nc1ccc(-c2ccc(OC(F)(F)F)cc2)c(C(=O)O)n1. The standard InChI is InChI=1S/C13H9F3N2O3/c14-13(15,16)21-8-3-1-7(2-4-8)9-5-6-10(17)18-11(9)12(19)20/h1-6H,(H2,17,18)(H,19,20). The second-order valence-corrected chi connectivity index (χ2v) is 4.01. The van der Waals surface area contributed by atoms with E-state index < -0.39 is 18.1 Å². The van der Waals surface area contributed by atoms with Crippen molar-refractivity contribution < 1.29 is 27.8 Å². The van der Waals surface area contributed by atoms with Crippen LogP contribution < -0.4 is 10.5 Å². The molecule has 0 fully saturated rings. The molecule has 1 aromatic carbocycles. The number of carboxylic acids is 1. The van der Waals surface area contributed by atoms with Crippen LogP contribution in [0.2, 0.25) is 0 Å². The number of aromatic nitrogens is 1. The van der Waals surface area contributed by atoms with Gasteiger partial charge in [0.15, 0.2) is 5.69 Å². The third kappa shape index (κ3) is 3.62. The van der Waals surface area contributed by atoms with Crippen LogP contribution in [0.15, 0.2) is 36.4 Å². The molecule has 0 saturated carbocycles. The minimum absolute atomic E-state index is 0.0353. The third-order valence-corrected chi connectivity index (χ3v) is 2.52. The minimum Gasteiger partial charge on any atom is -0.476 e. The van der Waals surface area contributed by atoms with Gasteiger partial charge in [0.2, 0.25) is 0 Å². The summed E-state index contributed by atoms with van der Waals surface area (Å²) in [7, 11) is 0. The van der Waals surface area contributed by atoms with E-state index in [1.54, 1.807) is 0 Å². The zero-order valence-electron chi connectivity index (χ0n) is 10.4. The molecule has 0 bridgehead atoms. The number of halogens is 3. The van der Waals surface area contributed by atoms with Crippen LogP contribution in [-0.2, 0) is 0 Å². The van der Waals surface area contributed by atoms with Gasteiger partial charge in [-0.2, -0.15) is 0 Å². The average molecular weight is 298 g/mol. The molecule has 0 spiro atoms. The molecule has 2 rings (SSSR count). The van der Waals surface area contributed by atoms with Gasteiger partial charge in [0.1, 0.15) is 11.6 Å². The first-order valence-corrected chi connectivity index (χ1v) is 5.62. The van der Waals surface area contributed by atoms with Gasteiger partial charge < -0.3 is 15.6 Å². The van der Waals surface area contributed by atoms with E-state index in [-0.39, 0.29) is 17.1 Å². The van der Waals surface area contributed by atoms with E-state index in [4.69, 9.17) is 10.8 Å². The molecule has 0 amide bonds. The third-order valence-electron chi connectivity index (χ3n) is 2.52. The topological polar surface area (TPSA) is 85.4 Å². The lowest BCUT2D eigenvalue weighted by Crippen LogP contribution is -2.16. The Balaban J connectivity index is 2.37. The van der Waals surface area contributed by atoms with Crippen LogP contribution >= 0.6 is 0 Å². The largest absolute Gasteiger partial charge is 0.573 e. The molecule has 0 radical (unpaired) electrons. The summed E-state index contributed by atoms with van der Waals surface area (Å²) in [6, 6.07) is 7.63. The van der Waals surface area contributed by atoms with Crippen LogP contribution in [-0.4, -0.2) is 22.4 Å². The summed E-state index contributed by atoms with van der Waals surface area (Å²) in [5.41, 5.74) is 5.77. The highest BCUT2D eigenvalue weighted by molar-refractivity contribution is 5.94. The number of nitrogens with two attached hydrogens (primary N) is 1. The van der Waals surface area contributed by atoms with Gasteiger partial charge in [-0.1, -0.05) is 12.1 Å². The number of nitrogens with zero attached hydrogens (tertiary/aromatic N) is 1. The maximum atomic E-state index is 12.1. The highest BCUT2D eigenvalue weighted by Crippen LogP contribution is 2.28. The number of anilines is 1. The van der Waals surface area contributed by atoms with E-state index in [0.717, 1.165) is 12.1 Å². The fraction of sp³-hybridized carbons (Fsp3) is 0.0769. The second-order valence-electron chi connectivity index (χ2n) is 4.01. The van der Waals surface area contributed by atoms with Gasteiger partial charge in [0, 0.05) is 5.56 Å². The zero-order chi connectivity index (χ0) is 15.6. The van der Waals surface area contributed by atoms with E-state index in [2.05, 4.69) is 9.72 Å². The lowest BCUT2D eigenvalue weighted by Gasteiger charge is -2.10. The summed E-state index contributed by atoms with van der Waals surface area (Å²) < 4.78 is 39.9. The van der Waals surface area contributed by atoms with Crippen molar-refractivity contribution >= 4 is 11.8 Å². The van der Waals surface area contributed by atoms with Gasteiger partial charge in [-0.15, -0.1) is 13.2 Å². The summed E-state index contributed by atoms with van der Waals surface area (Å²) in [4.78, 5) is 14.8. The number of nitrogen functional groups attached to an aromatic ring is 1. The Morgan fingerprint density at radius 3 is 2.29 bits per heavy atom. The smallest absolute Gasteiger partial charge is 0.476 e. The highest BCUT2D eigenvalue weighted by Gasteiger charge is 2.31. The number of hydrogen-bond donors (Lipinski definition) is 2. The Bertz CT molecular complexity index is 669. The summed E-state index contributed by atoms with van der Waals surface area (Å²) >= 11 is 0. The molecule has 1 heterocycles. The summed E-state index contributed by atoms with van der Waals surface area (Å²) in [5, 5.41) is 9.07. The molecule has 21 heavy (non-hydrogen) atoms. The number of aromatic carboxylic acids is 1. The molecule has 1 aromatic heterocycles. The van der Waals surface area contributed by atoms with Gasteiger partial charge in [0.05, 0.1) is 0 Å². The number of hydrogen-bond acceptors (Lipinski definition) is 4. The van der Waals surface area contributed by atoms with Crippen molar-refractivity contribution in [3.63, 3.8) is 0 Å². The van der Waals surface area contributed by atoms with Crippen molar-refractivity contribution in [3.05, 3.63) is 42.1 Å². The number of alkyl halides is 3. The monoisotopic (exact) mass is 298 g/mol. The quantitative estimate of drug-likeness (QED) is 0.910. The highest BCUT2D eigenvalue weighted by atomic mass is 19.4. The summed E-state index contributed by atoms with van der Waals surface area (Å²) in [6.45, 7) is 0. The Morgan fingerprint density at radius 1 is 1.14 bits per heavy atom. The van der Waals surface area contributed by atoms with Crippen molar-refractivity contribution in [3.8, 4) is 16.9 Å². The number of carbonyl (C=O) groups is 1. The number of rotatable bonds is 3. The summed E-state index contributed by atoms with van der Waals surface area (Å²) in [6.07, 6.45) is -4.78. The van der Waals surface area contributed by atoms with Gasteiger partial charge >= 0.3 is 12.3 Å². The predicted molar refractivity (Wildman–Crippen MR) is 67.7 cm³/mol. The van der Waals surface area contributed by atoms with Crippen LogP contribution in [0.3, 0.4) is 0 Å². The Labute approximate surface area is 116 Å². The molecule has 110 valence electrons. The Hall–Kier alpha value is -2.77. The van der Waals surface area contributed by atoms with Crippen molar-refractivity contribution in [2.75, 3.05) is 5.73 Å². The maximum absolute atomic E-state index is 12.1. The van der Waals surface area contributed by atoms with E-state index in [1.165, 1.54) is 24.3 Å². The average Bonchev–Trinajstić information content (AvgIpc) is 2.38. The number of benzene rings is 1. The minimum atomic E-state index is -4.78. The molecule has 0 unspecified atom stereocenters. The fourth-order valence-corrected chi connectivity index (χ4v) is 1.71. The van der Waals surface area contributed by atoms with Gasteiger partial charge in [0.25, 0.3) is 0 Å². The zero-order valence-corrected chi connectivity index (χ0v) is 10.4. The first kappa shape index (κ1) is 14.6. The van der Waals surface area contributed by atoms with E-state index in [1.807, 2.05) is 0 Å². The number of ether oxygens (including phenoxy) is 1. The summed E-state index contributed by atoms with van der Waals surface area (Å²) in [5.74, 6) is -1.65. The normalized spacial score (nSPS) is 11.2. The van der Waals surface area contributed by atoms with Gasteiger partial charge in [-0.05, 0) is 29.8 Å². The lowest BCUT2D eigenvalue weighted by molar-refractivity contribution is -0.274. The van der Waals surface area contributed by atoms with Crippen molar-refractivity contribution in [2.45, 2.75) is 6.36 Å². The molecule has 8 heteroatoms. The van der Waals surface area contributed by atoms with Crippen molar-refractivity contribution in [2.24, 2.45) is 0 Å². The number of pyridine rings is 1. The fourth-order valence-electron chi connectivity index (χ4n) is 1.71. The maximum Gasteiger partial charge on any atom is 0.573 e. The molecule has 0 saturated heterocycles. The molecular formula is C13H9F3N2O3. The van der Waals surface area contributed by atoms with Gasteiger partial charge in [-0.3, -0.25) is 0 Å². The molecule has 0 aliphatic heterocycles. The first-order valence-electron chi connectivity index (χ1n) is 5.62. The molecule has 0 aliphatic rings. The Morgan fingerprint density at radius 2 is 1.76 bits per heavy atom. The number of carboxylic acid groups (broad SMARTS) is 1. The lowest BCUT2D eigenvalue weighted by atomic mass is 10.0. The van der Waals surface area contributed by atoms with Crippen LogP contribution in [0.25, 0.3) is 11.1 Å². The predicted octanol–water partition coefficient (Wildman–Crippen LogP) is 2.93. The molecule has 2 aromatic rings. The van der Waals surface area contributed by atoms with Crippen LogP contribution in [0.1, 0.15) is 10.5 Å². The van der Waals surface area contributed by atoms with Crippen molar-refractivity contribution in [1.29, 1.82) is 0 Å². The van der Waals surface area contributed by atoms with Gasteiger partial charge in [-0.25, -0.2) is 9.78 Å². The van der Waals surface area contributed by atoms with Crippen LogP contribution in [0, 0.1) is 0 Å². The van der Waals surface area contributed by atoms with E-state index in [9.17, 15) is 18.0 Å². The second kappa shape index (κ2) is 5.31. The first-order chi connectivity index (χ1) is 9.76. The Kier molecular flexibility index (Phi) is 3.70. The molecule has 0 aliphatic carbocycles. The van der Waals surface area contributed by atoms with Crippen molar-refractivity contribution in [1.82, 2.24) is 4.98 Å². The molecule has 5 nitrogen and oxygen atoms in total.